The number of hydrogen-bond donors (Lipinski definition) is 0. The molecule has 3 atom stereocenters. The SMILES string of the molecule is CC(=O)OC1=CC=C(C(=O)OCc2ccc([N+](=O)[O-])cc2)N2C(=O)[C@H]([C@@H](C)O[Si](C)(C)C(C)(C)C)[C@H]2C1. The topological polar surface area (TPSA) is 125 Å². The molecule has 0 saturated carbocycles. The molecule has 3 rings (SSSR count). The molecule has 10 nitrogen and oxygen atoms in total. The fourth-order valence-electron chi connectivity index (χ4n) is 4.20. The molecule has 2 heterocycles. The van der Waals surface area contributed by atoms with Gasteiger partial charge in [-0.25, -0.2) is 4.79 Å². The smallest absolute Gasteiger partial charge is 0.355 e. The summed E-state index contributed by atoms with van der Waals surface area (Å²) in [5, 5.41) is 10.8. The van der Waals surface area contributed by atoms with E-state index in [1.165, 1.54) is 48.2 Å². The van der Waals surface area contributed by atoms with E-state index in [2.05, 4.69) is 33.9 Å². The predicted molar refractivity (Wildman–Crippen MR) is 137 cm³/mol. The Morgan fingerprint density at radius 2 is 1.81 bits per heavy atom. The number of carbonyl (C=O) groups is 3. The van der Waals surface area contributed by atoms with E-state index in [9.17, 15) is 24.5 Å². The van der Waals surface area contributed by atoms with Gasteiger partial charge in [-0.15, -0.1) is 0 Å². The average molecular weight is 531 g/mol. The van der Waals surface area contributed by atoms with E-state index in [0.717, 1.165) is 0 Å². The zero-order valence-corrected chi connectivity index (χ0v) is 23.3. The second-order valence-corrected chi connectivity index (χ2v) is 15.6. The number of hydrogen-bond acceptors (Lipinski definition) is 8. The number of nitro benzene ring substituents is 1. The van der Waals surface area contributed by atoms with Gasteiger partial charge in [0.1, 0.15) is 18.1 Å². The zero-order valence-electron chi connectivity index (χ0n) is 22.3. The quantitative estimate of drug-likeness (QED) is 0.157. The number of benzene rings is 1. The minimum atomic E-state index is -2.17. The van der Waals surface area contributed by atoms with Crippen LogP contribution in [-0.4, -0.2) is 48.1 Å². The molecule has 200 valence electrons. The van der Waals surface area contributed by atoms with E-state index in [1.807, 2.05) is 6.92 Å². The maximum absolute atomic E-state index is 13.4. The van der Waals surface area contributed by atoms with Crippen LogP contribution in [0, 0.1) is 16.0 Å². The second-order valence-electron chi connectivity index (χ2n) is 10.9. The fourth-order valence-corrected chi connectivity index (χ4v) is 5.63. The Morgan fingerprint density at radius 3 is 2.35 bits per heavy atom. The number of rotatable bonds is 8. The van der Waals surface area contributed by atoms with Crippen molar-refractivity contribution in [3.8, 4) is 0 Å². The first-order chi connectivity index (χ1) is 17.1. The third-order valence-electron chi connectivity index (χ3n) is 7.16. The molecule has 1 aromatic rings. The van der Waals surface area contributed by atoms with Gasteiger partial charge in [0.25, 0.3) is 5.69 Å². The number of amides is 1. The second kappa shape index (κ2) is 10.6. The van der Waals surface area contributed by atoms with Gasteiger partial charge in [0.05, 0.1) is 23.0 Å². The summed E-state index contributed by atoms with van der Waals surface area (Å²) in [5.74, 6) is -1.65. The maximum Gasteiger partial charge on any atom is 0.355 e. The van der Waals surface area contributed by atoms with E-state index < -0.39 is 43.2 Å². The first-order valence-electron chi connectivity index (χ1n) is 12.1. The van der Waals surface area contributed by atoms with Crippen LogP contribution in [0.5, 0.6) is 0 Å². The van der Waals surface area contributed by atoms with Gasteiger partial charge in [-0.1, -0.05) is 20.8 Å². The highest BCUT2D eigenvalue weighted by atomic mass is 28.4. The third kappa shape index (κ3) is 6.16. The summed E-state index contributed by atoms with van der Waals surface area (Å²) in [6.45, 7) is 13.6. The highest BCUT2D eigenvalue weighted by Gasteiger charge is 2.55. The Morgan fingerprint density at radius 1 is 1.19 bits per heavy atom. The number of ether oxygens (including phenoxy) is 2. The van der Waals surface area contributed by atoms with E-state index in [0.29, 0.717) is 11.3 Å². The van der Waals surface area contributed by atoms with E-state index in [4.69, 9.17) is 13.9 Å². The van der Waals surface area contributed by atoms with Crippen LogP contribution in [0.2, 0.25) is 18.1 Å². The van der Waals surface area contributed by atoms with Gasteiger partial charge in [-0.05, 0) is 54.9 Å². The fraction of sp³-hybridized carbons (Fsp3) is 0.500. The number of allylic oxidation sites excluding steroid dienone is 2. The van der Waals surface area contributed by atoms with Crippen molar-refractivity contribution >= 4 is 31.9 Å². The first kappa shape index (κ1) is 28.3. The highest BCUT2D eigenvalue weighted by Crippen LogP contribution is 2.43. The molecule has 1 saturated heterocycles. The zero-order chi connectivity index (χ0) is 27.7. The lowest BCUT2D eigenvalue weighted by molar-refractivity contribution is -0.384. The number of non-ortho nitro benzene ring substituents is 1. The van der Waals surface area contributed by atoms with Crippen LogP contribution in [0.1, 0.15) is 46.6 Å². The Labute approximate surface area is 217 Å². The van der Waals surface area contributed by atoms with Crippen LogP contribution in [0.25, 0.3) is 0 Å². The van der Waals surface area contributed by atoms with Gasteiger partial charge >= 0.3 is 11.9 Å². The van der Waals surface area contributed by atoms with Gasteiger partial charge < -0.3 is 18.8 Å². The van der Waals surface area contributed by atoms with Crippen LogP contribution < -0.4 is 0 Å². The Kier molecular flexibility index (Phi) is 8.08. The molecule has 1 aromatic carbocycles. The highest BCUT2D eigenvalue weighted by molar-refractivity contribution is 6.74. The Hall–Kier alpha value is -3.31. The molecule has 1 amide bonds. The minimum Gasteiger partial charge on any atom is -0.456 e. The monoisotopic (exact) mass is 530 g/mol. The van der Waals surface area contributed by atoms with Crippen molar-refractivity contribution in [2.75, 3.05) is 0 Å². The summed E-state index contributed by atoms with van der Waals surface area (Å²) in [4.78, 5) is 49.8. The number of esters is 2. The minimum absolute atomic E-state index is 0.0369. The largest absolute Gasteiger partial charge is 0.456 e. The lowest BCUT2D eigenvalue weighted by atomic mass is 9.81. The Balaban J connectivity index is 1.80. The van der Waals surface area contributed by atoms with Crippen LogP contribution in [0.15, 0.2) is 47.9 Å². The van der Waals surface area contributed by atoms with Crippen molar-refractivity contribution in [1.29, 1.82) is 0 Å². The van der Waals surface area contributed by atoms with Crippen LogP contribution in [0.4, 0.5) is 5.69 Å². The Bertz CT molecular complexity index is 1150. The van der Waals surface area contributed by atoms with Crippen LogP contribution in [0.3, 0.4) is 0 Å². The summed E-state index contributed by atoms with van der Waals surface area (Å²) in [7, 11) is -2.17. The molecular formula is C26H34N2O8Si. The van der Waals surface area contributed by atoms with E-state index >= 15 is 0 Å². The van der Waals surface area contributed by atoms with Gasteiger partial charge in [-0.3, -0.25) is 19.7 Å². The molecular weight excluding hydrogens is 496 g/mol. The van der Waals surface area contributed by atoms with Crippen molar-refractivity contribution < 1.29 is 33.2 Å². The van der Waals surface area contributed by atoms with Crippen molar-refractivity contribution in [1.82, 2.24) is 4.90 Å². The summed E-state index contributed by atoms with van der Waals surface area (Å²) in [5.41, 5.74) is 0.527. The van der Waals surface area contributed by atoms with E-state index in [1.54, 1.807) is 0 Å². The normalized spacial score (nSPS) is 20.5. The van der Waals surface area contributed by atoms with Crippen molar-refractivity contribution in [2.45, 2.75) is 77.9 Å². The summed E-state index contributed by atoms with van der Waals surface area (Å²) in [6, 6.07) is 5.20. The van der Waals surface area contributed by atoms with E-state index in [-0.39, 0.29) is 35.4 Å². The third-order valence-corrected chi connectivity index (χ3v) is 11.7. The van der Waals surface area contributed by atoms with Crippen LogP contribution >= 0.6 is 0 Å². The summed E-state index contributed by atoms with van der Waals surface area (Å²) in [6.07, 6.45) is 2.77. The number of fused-ring (bicyclic) bond motifs is 1. The predicted octanol–water partition coefficient (Wildman–Crippen LogP) is 4.61. The van der Waals surface area contributed by atoms with Gasteiger partial charge in [0.15, 0.2) is 8.32 Å². The average Bonchev–Trinajstić information content (AvgIpc) is 2.93. The van der Waals surface area contributed by atoms with Crippen molar-refractivity contribution in [3.05, 3.63) is 63.6 Å². The molecule has 2 aliphatic heterocycles. The molecule has 0 bridgehead atoms. The summed E-state index contributed by atoms with van der Waals surface area (Å²) < 4.78 is 17.3. The van der Waals surface area contributed by atoms with Crippen LogP contribution in [-0.2, 0) is 34.9 Å². The molecule has 2 aliphatic rings. The molecule has 11 heteroatoms. The molecule has 0 aliphatic carbocycles. The van der Waals surface area contributed by atoms with Crippen molar-refractivity contribution in [2.24, 2.45) is 5.92 Å². The van der Waals surface area contributed by atoms with Gasteiger partial charge in [0, 0.05) is 25.5 Å². The number of nitrogens with zero attached hydrogens (tertiary/aromatic N) is 2. The van der Waals surface area contributed by atoms with Gasteiger partial charge in [-0.2, -0.15) is 0 Å². The molecule has 0 spiro atoms. The molecule has 0 unspecified atom stereocenters. The number of nitro groups is 1. The molecule has 1 fully saturated rings. The first-order valence-corrected chi connectivity index (χ1v) is 15.0. The lowest BCUT2D eigenvalue weighted by Gasteiger charge is -2.51. The van der Waals surface area contributed by atoms with Crippen molar-refractivity contribution in [3.63, 3.8) is 0 Å². The molecule has 0 aromatic heterocycles. The molecule has 0 N–H and O–H groups in total. The molecule has 0 radical (unpaired) electrons. The lowest BCUT2D eigenvalue weighted by Crippen LogP contribution is -2.65. The number of β-lactam (4-membered cyclic amide) rings is 1. The molecule has 37 heavy (non-hydrogen) atoms. The standard InChI is InChI=1S/C26H34N2O8Si/c1-16(36-37(6,7)26(3,4)5)23-22-14-20(35-17(2)29)12-13-21(27(22)24(23)30)25(31)34-15-18-8-10-19(11-9-18)28(32)33/h8-13,16,22-23H,14-15H2,1-7H3/t16-,22-,23-/m1/s1. The number of carbonyl (C=O) groups excluding carboxylic acids is 3. The summed E-state index contributed by atoms with van der Waals surface area (Å²) >= 11 is 0. The maximum atomic E-state index is 13.4. The van der Waals surface area contributed by atoms with Gasteiger partial charge in [0.2, 0.25) is 5.91 Å².